The maximum absolute atomic E-state index is 10.1. The highest BCUT2D eigenvalue weighted by molar-refractivity contribution is 4.98. The van der Waals surface area contributed by atoms with Gasteiger partial charge in [0.1, 0.15) is 18.1 Å². The normalized spacial score (nSPS) is 12.9. The van der Waals surface area contributed by atoms with Gasteiger partial charge in [-0.1, -0.05) is 0 Å². The average Bonchev–Trinajstić information content (AvgIpc) is 3.18. The van der Waals surface area contributed by atoms with E-state index in [0.717, 1.165) is 11.5 Å². The number of nitrogens with zero attached hydrogens (tertiary/aromatic N) is 1. The van der Waals surface area contributed by atoms with Crippen molar-refractivity contribution < 1.29 is 23.4 Å². The number of rotatable bonds is 11. The summed E-state index contributed by atoms with van der Waals surface area (Å²) in [7, 11) is 1.66. The lowest BCUT2D eigenvalue weighted by Crippen LogP contribution is -2.36. The third-order valence-electron chi connectivity index (χ3n) is 3.17. The van der Waals surface area contributed by atoms with E-state index in [-0.39, 0.29) is 6.61 Å². The third kappa shape index (κ3) is 6.03. The SMILES string of the molecule is COCCN(Cc1ccco1)C[C@@H](O)COCc1ccco1. The molecule has 2 heterocycles. The Labute approximate surface area is 130 Å². The fraction of sp³-hybridized carbons (Fsp3) is 0.500. The lowest BCUT2D eigenvalue weighted by atomic mass is 10.3. The molecule has 122 valence electrons. The van der Waals surface area contributed by atoms with Crippen molar-refractivity contribution in [3.8, 4) is 0 Å². The number of methoxy groups -OCH3 is 1. The van der Waals surface area contributed by atoms with Gasteiger partial charge in [0.2, 0.25) is 0 Å². The van der Waals surface area contributed by atoms with Crippen molar-refractivity contribution in [1.29, 1.82) is 0 Å². The highest BCUT2D eigenvalue weighted by Gasteiger charge is 2.14. The Kier molecular flexibility index (Phi) is 7.18. The zero-order valence-electron chi connectivity index (χ0n) is 12.8. The average molecular weight is 309 g/mol. The van der Waals surface area contributed by atoms with Gasteiger partial charge >= 0.3 is 0 Å². The van der Waals surface area contributed by atoms with E-state index in [2.05, 4.69) is 4.90 Å². The van der Waals surface area contributed by atoms with Crippen LogP contribution in [0.2, 0.25) is 0 Å². The van der Waals surface area contributed by atoms with Gasteiger partial charge in [0, 0.05) is 20.2 Å². The number of hydrogen-bond donors (Lipinski definition) is 1. The first-order valence-electron chi connectivity index (χ1n) is 7.30. The van der Waals surface area contributed by atoms with E-state index in [1.54, 1.807) is 19.6 Å². The monoisotopic (exact) mass is 309 g/mol. The van der Waals surface area contributed by atoms with Crippen molar-refractivity contribution in [3.63, 3.8) is 0 Å². The highest BCUT2D eigenvalue weighted by atomic mass is 16.5. The molecule has 0 saturated carbocycles. The molecule has 0 amide bonds. The van der Waals surface area contributed by atoms with Crippen LogP contribution in [0.4, 0.5) is 0 Å². The standard InChI is InChI=1S/C16H23NO5/c1-19-9-6-17(11-15-4-2-7-21-15)10-14(18)12-20-13-16-5-3-8-22-16/h2-5,7-8,14,18H,6,9-13H2,1H3/t14-/m1/s1. The molecular formula is C16H23NO5. The predicted octanol–water partition coefficient (Wildman–Crippen LogP) is 1.90. The summed E-state index contributed by atoms with van der Waals surface area (Å²) in [6.45, 7) is 3.05. The van der Waals surface area contributed by atoms with Crippen LogP contribution in [0, 0.1) is 0 Å². The second-order valence-electron chi connectivity index (χ2n) is 5.06. The molecule has 22 heavy (non-hydrogen) atoms. The summed E-state index contributed by atoms with van der Waals surface area (Å²) >= 11 is 0. The Hall–Kier alpha value is -1.60. The molecule has 0 aliphatic heterocycles. The molecule has 0 spiro atoms. The molecule has 0 bridgehead atoms. The molecule has 2 rings (SSSR count). The van der Waals surface area contributed by atoms with E-state index in [9.17, 15) is 5.11 Å². The van der Waals surface area contributed by atoms with Crippen LogP contribution < -0.4 is 0 Å². The van der Waals surface area contributed by atoms with E-state index >= 15 is 0 Å². The highest BCUT2D eigenvalue weighted by Crippen LogP contribution is 2.07. The Morgan fingerprint density at radius 2 is 1.91 bits per heavy atom. The van der Waals surface area contributed by atoms with Crippen molar-refractivity contribution in [3.05, 3.63) is 48.3 Å². The molecule has 0 aliphatic rings. The Balaban J connectivity index is 1.72. The molecule has 0 fully saturated rings. The van der Waals surface area contributed by atoms with E-state index in [0.29, 0.717) is 32.8 Å². The van der Waals surface area contributed by atoms with Gasteiger partial charge < -0.3 is 23.4 Å². The van der Waals surface area contributed by atoms with Gasteiger partial charge in [0.15, 0.2) is 0 Å². The quantitative estimate of drug-likeness (QED) is 0.684. The van der Waals surface area contributed by atoms with Gasteiger partial charge in [-0.15, -0.1) is 0 Å². The minimum atomic E-state index is -0.582. The van der Waals surface area contributed by atoms with Crippen molar-refractivity contribution in [2.75, 3.05) is 33.4 Å². The molecule has 6 nitrogen and oxygen atoms in total. The van der Waals surface area contributed by atoms with Gasteiger partial charge in [-0.25, -0.2) is 0 Å². The van der Waals surface area contributed by atoms with Crippen LogP contribution in [0.5, 0.6) is 0 Å². The summed E-state index contributed by atoms with van der Waals surface area (Å²) in [6, 6.07) is 7.42. The molecule has 0 radical (unpaired) electrons. The summed E-state index contributed by atoms with van der Waals surface area (Å²) in [4.78, 5) is 2.07. The molecule has 1 N–H and O–H groups in total. The van der Waals surface area contributed by atoms with Gasteiger partial charge in [-0.3, -0.25) is 4.90 Å². The summed E-state index contributed by atoms with van der Waals surface area (Å²) in [6.07, 6.45) is 2.67. The Bertz CT molecular complexity index is 483. The zero-order valence-corrected chi connectivity index (χ0v) is 12.8. The second kappa shape index (κ2) is 9.42. The van der Waals surface area contributed by atoms with Crippen LogP contribution in [-0.4, -0.2) is 49.5 Å². The Morgan fingerprint density at radius 3 is 2.55 bits per heavy atom. The number of furan rings is 2. The second-order valence-corrected chi connectivity index (χ2v) is 5.06. The lowest BCUT2D eigenvalue weighted by Gasteiger charge is -2.23. The minimum Gasteiger partial charge on any atom is -0.468 e. The van der Waals surface area contributed by atoms with Crippen LogP contribution >= 0.6 is 0 Å². The minimum absolute atomic E-state index is 0.252. The van der Waals surface area contributed by atoms with Gasteiger partial charge in [-0.2, -0.15) is 0 Å². The molecule has 2 aromatic heterocycles. The molecule has 0 aromatic carbocycles. The van der Waals surface area contributed by atoms with Crippen LogP contribution in [0.1, 0.15) is 11.5 Å². The van der Waals surface area contributed by atoms with Crippen LogP contribution in [-0.2, 0) is 22.6 Å². The molecule has 2 aromatic rings. The van der Waals surface area contributed by atoms with Crippen molar-refractivity contribution in [2.24, 2.45) is 0 Å². The Morgan fingerprint density at radius 1 is 1.18 bits per heavy atom. The number of aliphatic hydroxyl groups excluding tert-OH is 1. The number of aliphatic hydroxyl groups is 1. The fourth-order valence-corrected chi connectivity index (χ4v) is 2.12. The fourth-order valence-electron chi connectivity index (χ4n) is 2.12. The molecule has 6 heteroatoms. The summed E-state index contributed by atoms with van der Waals surface area (Å²) in [5.74, 6) is 1.61. The molecule has 1 atom stereocenters. The van der Waals surface area contributed by atoms with Crippen LogP contribution in [0.25, 0.3) is 0 Å². The molecule has 0 saturated heterocycles. The predicted molar refractivity (Wildman–Crippen MR) is 80.2 cm³/mol. The van der Waals surface area contributed by atoms with Crippen LogP contribution in [0.15, 0.2) is 45.6 Å². The number of hydrogen-bond acceptors (Lipinski definition) is 6. The summed E-state index contributed by atoms with van der Waals surface area (Å²) in [5, 5.41) is 10.1. The smallest absolute Gasteiger partial charge is 0.129 e. The molecular weight excluding hydrogens is 286 g/mol. The largest absolute Gasteiger partial charge is 0.468 e. The van der Waals surface area contributed by atoms with Gasteiger partial charge in [0.25, 0.3) is 0 Å². The van der Waals surface area contributed by atoms with Gasteiger partial charge in [0.05, 0.1) is 38.4 Å². The first-order chi connectivity index (χ1) is 10.8. The lowest BCUT2D eigenvalue weighted by molar-refractivity contribution is -0.000484. The van der Waals surface area contributed by atoms with Gasteiger partial charge in [-0.05, 0) is 24.3 Å². The maximum Gasteiger partial charge on any atom is 0.129 e. The van der Waals surface area contributed by atoms with E-state index in [4.69, 9.17) is 18.3 Å². The topological polar surface area (TPSA) is 68.2 Å². The third-order valence-corrected chi connectivity index (χ3v) is 3.17. The number of ether oxygens (including phenoxy) is 2. The van der Waals surface area contributed by atoms with Crippen molar-refractivity contribution in [2.45, 2.75) is 19.3 Å². The van der Waals surface area contributed by atoms with Crippen molar-refractivity contribution >= 4 is 0 Å². The summed E-state index contributed by atoms with van der Waals surface area (Å²) in [5.41, 5.74) is 0. The van der Waals surface area contributed by atoms with E-state index < -0.39 is 6.10 Å². The maximum atomic E-state index is 10.1. The van der Waals surface area contributed by atoms with E-state index in [1.165, 1.54) is 0 Å². The summed E-state index contributed by atoms with van der Waals surface area (Å²) < 4.78 is 21.1. The zero-order chi connectivity index (χ0) is 15.6. The first-order valence-corrected chi connectivity index (χ1v) is 7.30. The molecule has 0 unspecified atom stereocenters. The van der Waals surface area contributed by atoms with Crippen molar-refractivity contribution in [1.82, 2.24) is 4.90 Å². The first kappa shape index (κ1) is 16.8. The van der Waals surface area contributed by atoms with E-state index in [1.807, 2.05) is 24.3 Å². The molecule has 0 aliphatic carbocycles. The van der Waals surface area contributed by atoms with Crippen LogP contribution in [0.3, 0.4) is 0 Å².